The van der Waals surface area contributed by atoms with Crippen molar-refractivity contribution in [3.05, 3.63) is 235 Å². The number of para-hydroxylation sites is 5. The van der Waals surface area contributed by atoms with Crippen LogP contribution >= 0.6 is 22.7 Å². The maximum atomic E-state index is 4.39. The van der Waals surface area contributed by atoms with Crippen molar-refractivity contribution in [1.82, 2.24) is 0 Å². The van der Waals surface area contributed by atoms with Gasteiger partial charge >= 0.3 is 0 Å². The molecule has 0 aliphatic heterocycles. The Hall–Kier alpha value is -7.18. The van der Waals surface area contributed by atoms with Gasteiger partial charge in [-0.15, -0.1) is 22.7 Å². The minimum atomic E-state index is 1.01. The highest BCUT2D eigenvalue weighted by Gasteiger charge is 2.21. The second-order valence-corrected chi connectivity index (χ2v) is 16.8. The van der Waals surface area contributed by atoms with Crippen LogP contribution in [-0.2, 0) is 0 Å². The molecule has 0 radical (unpaired) electrons. The minimum absolute atomic E-state index is 1.01. The lowest BCUT2D eigenvalue weighted by atomic mass is 10.1. The van der Waals surface area contributed by atoms with E-state index in [0.29, 0.717) is 0 Å². The van der Waals surface area contributed by atoms with Crippen LogP contribution in [0, 0.1) is 6.92 Å². The lowest BCUT2D eigenvalue weighted by Crippen LogP contribution is -2.14. The van der Waals surface area contributed by atoms with E-state index in [0.717, 1.165) is 45.5 Å². The van der Waals surface area contributed by atoms with Crippen molar-refractivity contribution in [2.75, 3.05) is 14.7 Å². The molecule has 2 aromatic heterocycles. The summed E-state index contributed by atoms with van der Waals surface area (Å²) in [6, 6.07) is 73.5. The number of thiophene rings is 2. The lowest BCUT2D eigenvalue weighted by molar-refractivity contribution is 1.23. The van der Waals surface area contributed by atoms with Crippen molar-refractivity contribution in [2.24, 2.45) is 0 Å². The number of nitrogens with zero attached hydrogens (tertiary/aromatic N) is 3. The largest absolute Gasteiger partial charge is 0.310 e. The Bertz CT molecular complexity index is 3040. The predicted octanol–water partition coefficient (Wildman–Crippen LogP) is 16.9. The molecule has 0 fully saturated rings. The zero-order valence-electron chi connectivity index (χ0n) is 33.1. The van der Waals surface area contributed by atoms with Gasteiger partial charge in [0.1, 0.15) is 0 Å². The molecule has 0 bridgehead atoms. The van der Waals surface area contributed by atoms with Crippen LogP contribution in [0.3, 0.4) is 0 Å². The van der Waals surface area contributed by atoms with Crippen molar-refractivity contribution >= 4 is 105 Å². The summed E-state index contributed by atoms with van der Waals surface area (Å²) in [5.74, 6) is 0. The molecule has 60 heavy (non-hydrogen) atoms. The molecule has 3 nitrogen and oxygen atoms in total. The van der Waals surface area contributed by atoms with Gasteiger partial charge < -0.3 is 14.7 Å². The van der Waals surface area contributed by atoms with Crippen molar-refractivity contribution in [3.63, 3.8) is 0 Å². The fraction of sp³-hybridized carbons (Fsp3) is 0.0182. The van der Waals surface area contributed by atoms with Gasteiger partial charge in [-0.3, -0.25) is 0 Å². The molecule has 0 N–H and O–H groups in total. The van der Waals surface area contributed by atoms with E-state index in [-0.39, 0.29) is 0 Å². The molecule has 10 rings (SSSR count). The summed E-state index contributed by atoms with van der Waals surface area (Å²) in [5, 5.41) is 3.74. The van der Waals surface area contributed by atoms with Crippen LogP contribution in [-0.4, -0.2) is 0 Å². The van der Waals surface area contributed by atoms with Crippen molar-refractivity contribution in [2.45, 2.75) is 6.92 Å². The summed E-state index contributed by atoms with van der Waals surface area (Å²) in [6.45, 7) is 6.63. The molecule has 0 saturated heterocycles. The molecule has 0 amide bonds. The third kappa shape index (κ3) is 6.94. The SMILES string of the molecule is C=C/C(=C\c1sc2ccc(N(c3ccccc3)c3ccccc3)cc2c1C)N(c1ccccc1)c1ccc2c(c1)sc1c(N(c3ccccc3)c3ccccc3)cccc12. The quantitative estimate of drug-likeness (QED) is 0.121. The number of hydrogen-bond donors (Lipinski definition) is 0. The van der Waals surface area contributed by atoms with E-state index < -0.39 is 0 Å². The summed E-state index contributed by atoms with van der Waals surface area (Å²) in [7, 11) is 0. The van der Waals surface area contributed by atoms with E-state index in [1.54, 1.807) is 0 Å². The summed E-state index contributed by atoms with van der Waals surface area (Å²) in [4.78, 5) is 8.23. The Labute approximate surface area is 359 Å². The van der Waals surface area contributed by atoms with Crippen LogP contribution in [0.15, 0.2) is 225 Å². The fourth-order valence-electron chi connectivity index (χ4n) is 8.15. The number of allylic oxidation sites excluding steroid dienone is 1. The van der Waals surface area contributed by atoms with Gasteiger partial charge in [0.2, 0.25) is 0 Å². The van der Waals surface area contributed by atoms with E-state index in [4.69, 9.17) is 0 Å². The van der Waals surface area contributed by atoms with E-state index in [1.807, 2.05) is 28.7 Å². The number of fused-ring (bicyclic) bond motifs is 4. The van der Waals surface area contributed by atoms with Crippen LogP contribution < -0.4 is 14.7 Å². The van der Waals surface area contributed by atoms with Gasteiger partial charge in [0, 0.05) is 70.6 Å². The van der Waals surface area contributed by atoms with E-state index >= 15 is 0 Å². The topological polar surface area (TPSA) is 9.72 Å². The highest BCUT2D eigenvalue weighted by atomic mass is 32.1. The standard InChI is InChI=1S/C55H41N3S2/c1-3-40(37-53-39(2)50-36-46(33-35-52(50)59-53)57(42-22-11-5-12-23-42)43-24-13-6-14-25-43)56(41-20-9-4-10-21-41)47-32-34-48-49-30-19-31-51(55(49)60-54(48)38-47)58(44-26-15-7-16-27-44)45-28-17-8-18-29-45/h3-38H,1H2,2H3/b40-37+. The predicted molar refractivity (Wildman–Crippen MR) is 262 cm³/mol. The molecule has 0 aliphatic carbocycles. The minimum Gasteiger partial charge on any atom is -0.310 e. The lowest BCUT2D eigenvalue weighted by Gasteiger charge is -2.26. The second-order valence-electron chi connectivity index (χ2n) is 14.7. The third-order valence-electron chi connectivity index (χ3n) is 11.0. The van der Waals surface area contributed by atoms with Crippen LogP contribution in [0.2, 0.25) is 0 Å². The zero-order valence-corrected chi connectivity index (χ0v) is 34.8. The Morgan fingerprint density at radius 2 is 0.967 bits per heavy atom. The van der Waals surface area contributed by atoms with E-state index in [9.17, 15) is 0 Å². The first-order valence-electron chi connectivity index (χ1n) is 20.1. The number of anilines is 8. The third-order valence-corrected chi connectivity index (χ3v) is 13.4. The molecule has 8 aromatic carbocycles. The van der Waals surface area contributed by atoms with Crippen molar-refractivity contribution < 1.29 is 0 Å². The summed E-state index contributed by atoms with van der Waals surface area (Å²) < 4.78 is 3.73. The molecular weight excluding hydrogens is 767 g/mol. The Morgan fingerprint density at radius 3 is 1.53 bits per heavy atom. The summed E-state index contributed by atoms with van der Waals surface area (Å²) in [6.07, 6.45) is 4.29. The number of hydrogen-bond acceptors (Lipinski definition) is 5. The first kappa shape index (κ1) is 37.1. The van der Waals surface area contributed by atoms with Gasteiger partial charge in [-0.2, -0.15) is 0 Å². The Kier molecular flexibility index (Phi) is 10.0. The van der Waals surface area contributed by atoms with Crippen LogP contribution in [0.1, 0.15) is 10.4 Å². The van der Waals surface area contributed by atoms with Crippen LogP contribution in [0.25, 0.3) is 36.3 Å². The maximum absolute atomic E-state index is 4.39. The van der Waals surface area contributed by atoms with Crippen molar-refractivity contribution in [1.29, 1.82) is 0 Å². The van der Waals surface area contributed by atoms with Gasteiger partial charge in [-0.1, -0.05) is 116 Å². The molecule has 0 saturated carbocycles. The molecular formula is C55H41N3S2. The van der Waals surface area contributed by atoms with Crippen LogP contribution in [0.5, 0.6) is 0 Å². The fourth-order valence-corrected chi connectivity index (χ4v) is 10.5. The maximum Gasteiger partial charge on any atom is 0.0640 e. The van der Waals surface area contributed by atoms with E-state index in [1.165, 1.54) is 46.4 Å². The highest BCUT2D eigenvalue weighted by molar-refractivity contribution is 7.26. The van der Waals surface area contributed by atoms with Crippen molar-refractivity contribution in [3.8, 4) is 0 Å². The first-order valence-corrected chi connectivity index (χ1v) is 21.8. The Balaban J connectivity index is 1.07. The molecule has 0 unspecified atom stereocenters. The molecule has 10 aromatic rings. The van der Waals surface area contributed by atoms with Crippen LogP contribution in [0.4, 0.5) is 45.5 Å². The molecule has 288 valence electrons. The molecule has 5 heteroatoms. The van der Waals surface area contributed by atoms with Gasteiger partial charge in [0.05, 0.1) is 10.4 Å². The monoisotopic (exact) mass is 807 g/mol. The van der Waals surface area contributed by atoms with Gasteiger partial charge in [0.15, 0.2) is 0 Å². The average Bonchev–Trinajstić information content (AvgIpc) is 3.84. The molecule has 0 atom stereocenters. The highest BCUT2D eigenvalue weighted by Crippen LogP contribution is 2.47. The summed E-state index contributed by atoms with van der Waals surface area (Å²) in [5.41, 5.74) is 11.2. The molecule has 0 aliphatic rings. The summed E-state index contributed by atoms with van der Waals surface area (Å²) >= 11 is 3.67. The van der Waals surface area contributed by atoms with Gasteiger partial charge in [0.25, 0.3) is 0 Å². The van der Waals surface area contributed by atoms with Gasteiger partial charge in [-0.05, 0) is 127 Å². The number of aryl methyl sites for hydroxylation is 1. The average molecular weight is 808 g/mol. The number of benzene rings is 8. The second kappa shape index (κ2) is 16.2. The Morgan fingerprint density at radius 1 is 0.433 bits per heavy atom. The smallest absolute Gasteiger partial charge is 0.0640 e. The molecule has 0 spiro atoms. The normalized spacial score (nSPS) is 11.6. The number of rotatable bonds is 11. The molecule has 2 heterocycles. The van der Waals surface area contributed by atoms with Gasteiger partial charge in [-0.25, -0.2) is 0 Å². The van der Waals surface area contributed by atoms with E-state index in [2.05, 4.69) is 241 Å². The first-order chi connectivity index (χ1) is 29.6. The zero-order chi connectivity index (χ0) is 40.4.